The number of epoxide rings is 1. The zero-order valence-electron chi connectivity index (χ0n) is 19.4. The maximum Gasteiger partial charge on any atom is 0.200 e. The lowest BCUT2D eigenvalue weighted by atomic mass is 10.2. The van der Waals surface area contributed by atoms with Gasteiger partial charge in [0.1, 0.15) is 0 Å². The van der Waals surface area contributed by atoms with Crippen LogP contribution >= 0.6 is 0 Å². The van der Waals surface area contributed by atoms with E-state index in [0.29, 0.717) is 21.5 Å². The Morgan fingerprint density at radius 2 is 1.63 bits per heavy atom. The zero-order valence-corrected chi connectivity index (χ0v) is 21.2. The van der Waals surface area contributed by atoms with E-state index in [-0.39, 0.29) is 24.0 Å². The molecule has 2 heterocycles. The van der Waals surface area contributed by atoms with Crippen molar-refractivity contribution in [2.24, 2.45) is 0 Å². The van der Waals surface area contributed by atoms with Crippen molar-refractivity contribution >= 4 is 18.2 Å². The van der Waals surface area contributed by atoms with Crippen molar-refractivity contribution in [3.63, 3.8) is 0 Å². The van der Waals surface area contributed by atoms with Crippen LogP contribution in [0.3, 0.4) is 0 Å². The van der Waals surface area contributed by atoms with Gasteiger partial charge in [-0.2, -0.15) is 0 Å². The van der Waals surface area contributed by atoms with Crippen molar-refractivity contribution in [2.45, 2.75) is 87.7 Å². The number of nitrogens with zero attached hydrogens (tertiary/aromatic N) is 1. The largest absolute Gasteiger partial charge is 0.411 e. The maximum atomic E-state index is 13.2. The molecule has 2 aliphatic heterocycles. The molecule has 3 atom stereocenters. The zero-order chi connectivity index (χ0) is 22.1. The number of likely N-dealkylation sites (tertiary alicyclic amines) is 1. The summed E-state index contributed by atoms with van der Waals surface area (Å²) in [7, 11) is -5.48. The summed E-state index contributed by atoms with van der Waals surface area (Å²) in [5, 5.41) is 0. The van der Waals surface area contributed by atoms with Gasteiger partial charge in [0, 0.05) is 19.1 Å². The van der Waals surface area contributed by atoms with Gasteiger partial charge in [-0.3, -0.25) is 4.90 Å². The van der Waals surface area contributed by atoms with E-state index in [0.717, 1.165) is 26.1 Å². The molecular formula is C23H39NO4SSi. The van der Waals surface area contributed by atoms with Crippen LogP contribution in [0.5, 0.6) is 0 Å². The second-order valence-electron chi connectivity index (χ2n) is 9.87. The highest BCUT2D eigenvalue weighted by Gasteiger charge is 2.50. The van der Waals surface area contributed by atoms with E-state index in [2.05, 4.69) is 46.4 Å². The summed E-state index contributed by atoms with van der Waals surface area (Å²) in [6.07, 6.45) is 1.09. The van der Waals surface area contributed by atoms with E-state index in [9.17, 15) is 8.42 Å². The average molecular weight is 454 g/mol. The van der Waals surface area contributed by atoms with Gasteiger partial charge in [0.15, 0.2) is 9.84 Å². The van der Waals surface area contributed by atoms with Crippen LogP contribution in [-0.2, 0) is 19.0 Å². The van der Waals surface area contributed by atoms with E-state index >= 15 is 0 Å². The second-order valence-corrected chi connectivity index (χ2v) is 17.3. The van der Waals surface area contributed by atoms with E-state index in [1.807, 2.05) is 6.07 Å². The van der Waals surface area contributed by atoms with Crippen molar-refractivity contribution in [3.8, 4) is 0 Å². The molecule has 0 bridgehead atoms. The molecule has 2 fully saturated rings. The van der Waals surface area contributed by atoms with Crippen molar-refractivity contribution in [1.82, 2.24) is 4.90 Å². The molecule has 1 aromatic rings. The van der Waals surface area contributed by atoms with Crippen LogP contribution in [0.1, 0.15) is 48.0 Å². The van der Waals surface area contributed by atoms with E-state index in [1.165, 1.54) is 0 Å². The third-order valence-electron chi connectivity index (χ3n) is 6.99. The molecule has 2 aliphatic rings. The van der Waals surface area contributed by atoms with Crippen LogP contribution in [0.15, 0.2) is 35.2 Å². The van der Waals surface area contributed by atoms with Crippen molar-refractivity contribution in [3.05, 3.63) is 30.3 Å². The maximum absolute atomic E-state index is 13.2. The highest BCUT2D eigenvalue weighted by molar-refractivity contribution is 7.91. The normalized spacial score (nSPS) is 25.6. The Bertz CT molecular complexity index is 771. The number of ether oxygens (including phenoxy) is 1. The smallest absolute Gasteiger partial charge is 0.200 e. The van der Waals surface area contributed by atoms with Gasteiger partial charge in [0.05, 0.1) is 29.5 Å². The van der Waals surface area contributed by atoms with Crippen molar-refractivity contribution in [2.75, 3.05) is 25.4 Å². The molecule has 170 valence electrons. The van der Waals surface area contributed by atoms with Crippen molar-refractivity contribution < 1.29 is 17.6 Å². The van der Waals surface area contributed by atoms with Gasteiger partial charge in [-0.15, -0.1) is 0 Å². The molecule has 30 heavy (non-hydrogen) atoms. The first-order chi connectivity index (χ1) is 14.1. The Morgan fingerprint density at radius 3 is 2.13 bits per heavy atom. The summed E-state index contributed by atoms with van der Waals surface area (Å²) in [4.78, 5) is 2.71. The fraction of sp³-hybridized carbons (Fsp3) is 0.739. The van der Waals surface area contributed by atoms with Gasteiger partial charge in [0.2, 0.25) is 8.32 Å². The minimum absolute atomic E-state index is 0.0406. The SMILES string of the molecule is CC(C)[Si](O[C@@H]1CCN(CC2CO2)[C@H]1CS(=O)(=O)c1ccccc1)(C(C)C)C(C)C. The molecule has 2 saturated heterocycles. The van der Waals surface area contributed by atoms with E-state index in [1.54, 1.807) is 24.3 Å². The first-order valence-electron chi connectivity index (χ1n) is 11.4. The molecule has 0 amide bonds. The topological polar surface area (TPSA) is 59.1 Å². The van der Waals surface area contributed by atoms with Crippen LogP contribution in [-0.4, -0.2) is 65.3 Å². The monoisotopic (exact) mass is 453 g/mol. The minimum atomic E-state index is -3.39. The average Bonchev–Trinajstić information content (AvgIpc) is 3.42. The molecule has 0 aliphatic carbocycles. The molecule has 0 N–H and O–H groups in total. The molecular weight excluding hydrogens is 414 g/mol. The summed E-state index contributed by atoms with van der Waals surface area (Å²) in [6.45, 7) is 16.2. The van der Waals surface area contributed by atoms with Crippen LogP contribution in [0.25, 0.3) is 0 Å². The quantitative estimate of drug-likeness (QED) is 0.386. The fourth-order valence-electron chi connectivity index (χ4n) is 5.52. The fourth-order valence-corrected chi connectivity index (χ4v) is 12.8. The summed E-state index contributed by atoms with van der Waals surface area (Å²) in [5.74, 6) is 0.104. The molecule has 5 nitrogen and oxygen atoms in total. The van der Waals surface area contributed by atoms with Crippen LogP contribution in [0, 0.1) is 0 Å². The van der Waals surface area contributed by atoms with Gasteiger partial charge in [0.25, 0.3) is 0 Å². The molecule has 1 unspecified atom stereocenters. The van der Waals surface area contributed by atoms with Gasteiger partial charge in [-0.05, 0) is 35.2 Å². The van der Waals surface area contributed by atoms with Gasteiger partial charge in [-0.25, -0.2) is 8.42 Å². The number of sulfone groups is 1. The first-order valence-corrected chi connectivity index (χ1v) is 15.2. The van der Waals surface area contributed by atoms with Crippen LogP contribution in [0.4, 0.5) is 0 Å². The number of rotatable bonds is 10. The third kappa shape index (κ3) is 5.01. The lowest BCUT2D eigenvalue weighted by molar-refractivity contribution is 0.125. The Hall–Kier alpha value is -0.733. The first kappa shape index (κ1) is 23.9. The lowest BCUT2D eigenvalue weighted by Gasteiger charge is -2.45. The standard InChI is InChI=1S/C23H39NO4SSi/c1-17(2)30(18(3)4,19(5)6)28-23-12-13-24(14-20-15-27-20)22(23)16-29(25,26)21-10-8-7-9-11-21/h7-11,17-20,22-23H,12-16H2,1-6H3/t20?,22-,23+/m0/s1. The summed E-state index contributed by atoms with van der Waals surface area (Å²) >= 11 is 0. The lowest BCUT2D eigenvalue weighted by Crippen LogP contribution is -2.53. The Labute approximate surface area is 184 Å². The van der Waals surface area contributed by atoms with Gasteiger partial charge < -0.3 is 9.16 Å². The van der Waals surface area contributed by atoms with Gasteiger partial charge in [-0.1, -0.05) is 59.7 Å². The number of hydrogen-bond acceptors (Lipinski definition) is 5. The Balaban J connectivity index is 1.88. The molecule has 1 aromatic carbocycles. The highest BCUT2D eigenvalue weighted by Crippen LogP contribution is 2.44. The molecule has 0 spiro atoms. The number of hydrogen-bond donors (Lipinski definition) is 0. The number of benzene rings is 1. The molecule has 0 aromatic heterocycles. The van der Waals surface area contributed by atoms with E-state index in [4.69, 9.17) is 9.16 Å². The van der Waals surface area contributed by atoms with Crippen LogP contribution < -0.4 is 0 Å². The summed E-state index contributed by atoms with van der Waals surface area (Å²) < 4.78 is 39.1. The summed E-state index contributed by atoms with van der Waals surface area (Å²) in [5.41, 5.74) is 1.43. The predicted molar refractivity (Wildman–Crippen MR) is 124 cm³/mol. The minimum Gasteiger partial charge on any atom is -0.411 e. The molecule has 7 heteroatoms. The molecule has 0 saturated carbocycles. The van der Waals surface area contributed by atoms with E-state index < -0.39 is 18.2 Å². The summed E-state index contributed by atoms with van der Waals surface area (Å²) in [6, 6.07) is 8.71. The highest BCUT2D eigenvalue weighted by atomic mass is 32.2. The van der Waals surface area contributed by atoms with Crippen LogP contribution in [0.2, 0.25) is 16.6 Å². The molecule has 3 rings (SSSR count). The second kappa shape index (κ2) is 9.41. The Morgan fingerprint density at radius 1 is 1.07 bits per heavy atom. The Kier molecular flexibility index (Phi) is 7.50. The van der Waals surface area contributed by atoms with Gasteiger partial charge >= 0.3 is 0 Å². The molecule has 0 radical (unpaired) electrons. The third-order valence-corrected chi connectivity index (χ3v) is 14.9. The predicted octanol–water partition coefficient (Wildman–Crippen LogP) is 4.49. The van der Waals surface area contributed by atoms with Crippen molar-refractivity contribution in [1.29, 1.82) is 0 Å².